The summed E-state index contributed by atoms with van der Waals surface area (Å²) >= 11 is 0. The lowest BCUT2D eigenvalue weighted by Crippen LogP contribution is -2.07. The van der Waals surface area contributed by atoms with E-state index in [-0.39, 0.29) is 12.6 Å². The van der Waals surface area contributed by atoms with E-state index < -0.39 is 0 Å². The van der Waals surface area contributed by atoms with Gasteiger partial charge in [0.25, 0.3) is 0 Å². The third-order valence-corrected chi connectivity index (χ3v) is 1.18. The molecule has 0 saturated carbocycles. The minimum absolute atomic E-state index is 0.0166. The molecule has 3 heteroatoms. The molecule has 0 aliphatic rings. The molecule has 0 spiro atoms. The molecule has 3 nitrogen and oxygen atoms in total. The predicted molar refractivity (Wildman–Crippen MR) is 38.4 cm³/mol. The first-order valence-electron chi connectivity index (χ1n) is 3.05. The van der Waals surface area contributed by atoms with Gasteiger partial charge in [-0.05, 0) is 13.3 Å². The second kappa shape index (κ2) is 4.91. The molecule has 0 fully saturated rings. The van der Waals surface area contributed by atoms with Crippen LogP contribution in [0.3, 0.4) is 0 Å². The van der Waals surface area contributed by atoms with Gasteiger partial charge in [0.1, 0.15) is 0 Å². The van der Waals surface area contributed by atoms with Crippen LogP contribution in [-0.4, -0.2) is 23.8 Å². The van der Waals surface area contributed by atoms with Crippen LogP contribution in [0.2, 0.25) is 0 Å². The number of hydrogen-bond donors (Lipinski definition) is 1. The molecule has 0 aliphatic heterocycles. The van der Waals surface area contributed by atoms with Crippen LogP contribution < -0.4 is 0 Å². The molecule has 1 atom stereocenters. The Balaban J connectivity index is 3.97. The summed E-state index contributed by atoms with van der Waals surface area (Å²) < 4.78 is 0. The largest absolute Gasteiger partial charge is 0.396 e. The van der Waals surface area contributed by atoms with Crippen LogP contribution in [0.15, 0.2) is 17.1 Å². The van der Waals surface area contributed by atoms with E-state index in [4.69, 9.17) is 5.11 Å². The van der Waals surface area contributed by atoms with E-state index >= 15 is 0 Å². The van der Waals surface area contributed by atoms with Gasteiger partial charge in [-0.2, -0.15) is 4.99 Å². The van der Waals surface area contributed by atoms with Gasteiger partial charge >= 0.3 is 0 Å². The van der Waals surface area contributed by atoms with Gasteiger partial charge in [-0.25, -0.2) is 4.79 Å². The average Bonchev–Trinajstić information content (AvgIpc) is 1.87. The highest BCUT2D eigenvalue weighted by atomic mass is 16.3. The van der Waals surface area contributed by atoms with E-state index in [0.29, 0.717) is 6.42 Å². The minimum Gasteiger partial charge on any atom is -0.396 e. The van der Waals surface area contributed by atoms with E-state index in [1.807, 2.05) is 0 Å². The summed E-state index contributed by atoms with van der Waals surface area (Å²) in [5.41, 5.74) is 0.775. The number of carbonyl (C=O) groups excluding carboxylic acids is 1. The number of aliphatic hydroxyl groups excluding tert-OH is 1. The summed E-state index contributed by atoms with van der Waals surface area (Å²) in [7, 11) is 0. The zero-order valence-electron chi connectivity index (χ0n) is 6.00. The van der Waals surface area contributed by atoms with Gasteiger partial charge in [-0.1, -0.05) is 12.2 Å². The van der Waals surface area contributed by atoms with Gasteiger partial charge in [0, 0.05) is 6.61 Å². The van der Waals surface area contributed by atoms with E-state index in [9.17, 15) is 4.79 Å². The van der Waals surface area contributed by atoms with Crippen molar-refractivity contribution in [1.82, 2.24) is 0 Å². The molecule has 0 aromatic carbocycles. The summed E-state index contributed by atoms with van der Waals surface area (Å²) in [4.78, 5) is 13.2. The lowest BCUT2D eigenvalue weighted by Gasteiger charge is -2.06. The van der Waals surface area contributed by atoms with Crippen molar-refractivity contribution in [3.05, 3.63) is 12.2 Å². The van der Waals surface area contributed by atoms with Gasteiger partial charge in [-0.15, -0.1) is 0 Å². The van der Waals surface area contributed by atoms with E-state index in [2.05, 4.69) is 11.6 Å². The average molecular weight is 141 g/mol. The Morgan fingerprint density at radius 2 is 2.50 bits per heavy atom. The fourth-order valence-corrected chi connectivity index (χ4v) is 0.607. The van der Waals surface area contributed by atoms with Crippen molar-refractivity contribution < 1.29 is 9.90 Å². The van der Waals surface area contributed by atoms with Gasteiger partial charge in [0.2, 0.25) is 6.08 Å². The Hall–Kier alpha value is -0.920. The maximum atomic E-state index is 9.78. The Morgan fingerprint density at radius 3 is 2.80 bits per heavy atom. The number of isocyanates is 1. The van der Waals surface area contributed by atoms with E-state index in [1.165, 1.54) is 6.08 Å². The van der Waals surface area contributed by atoms with Gasteiger partial charge in [-0.3, -0.25) is 0 Å². The van der Waals surface area contributed by atoms with Crippen molar-refractivity contribution in [2.45, 2.75) is 19.4 Å². The quantitative estimate of drug-likeness (QED) is 0.355. The van der Waals surface area contributed by atoms with E-state index in [0.717, 1.165) is 5.57 Å². The van der Waals surface area contributed by atoms with E-state index in [1.54, 1.807) is 6.92 Å². The van der Waals surface area contributed by atoms with Crippen molar-refractivity contribution >= 4 is 6.08 Å². The fourth-order valence-electron chi connectivity index (χ4n) is 0.607. The maximum absolute atomic E-state index is 9.78. The first-order valence-corrected chi connectivity index (χ1v) is 3.05. The molecule has 0 amide bonds. The van der Waals surface area contributed by atoms with Crippen LogP contribution in [0.4, 0.5) is 0 Å². The minimum atomic E-state index is -0.262. The molecule has 10 heavy (non-hydrogen) atoms. The Bertz CT molecular complexity index is 157. The molecular weight excluding hydrogens is 130 g/mol. The van der Waals surface area contributed by atoms with Crippen molar-refractivity contribution in [3.63, 3.8) is 0 Å². The van der Waals surface area contributed by atoms with Gasteiger partial charge in [0.05, 0.1) is 6.04 Å². The highest BCUT2D eigenvalue weighted by Gasteiger charge is 2.04. The first-order chi connectivity index (χ1) is 4.72. The second-order valence-electron chi connectivity index (χ2n) is 2.09. The first kappa shape index (κ1) is 9.08. The molecule has 0 bridgehead atoms. The predicted octanol–water partition coefficient (Wildman–Crippen LogP) is 0.649. The van der Waals surface area contributed by atoms with Crippen molar-refractivity contribution in [1.29, 1.82) is 0 Å². The van der Waals surface area contributed by atoms with Crippen molar-refractivity contribution in [3.8, 4) is 0 Å². The molecule has 0 aromatic heterocycles. The van der Waals surface area contributed by atoms with Crippen molar-refractivity contribution in [2.75, 3.05) is 6.61 Å². The van der Waals surface area contributed by atoms with Crippen LogP contribution in [0.5, 0.6) is 0 Å². The Morgan fingerprint density at radius 1 is 1.90 bits per heavy atom. The van der Waals surface area contributed by atoms with Gasteiger partial charge in [0.15, 0.2) is 0 Å². The third kappa shape index (κ3) is 3.17. The molecule has 0 aromatic rings. The zero-order chi connectivity index (χ0) is 7.98. The molecular formula is C7H11NO2. The Labute approximate surface area is 60.1 Å². The molecule has 56 valence electrons. The highest BCUT2D eigenvalue weighted by molar-refractivity contribution is 5.35. The number of hydrogen-bond acceptors (Lipinski definition) is 3. The third-order valence-electron chi connectivity index (χ3n) is 1.18. The number of aliphatic hydroxyl groups is 1. The topological polar surface area (TPSA) is 49.7 Å². The van der Waals surface area contributed by atoms with Crippen LogP contribution in [0, 0.1) is 0 Å². The molecule has 0 aliphatic carbocycles. The molecule has 0 heterocycles. The standard InChI is InChI=1S/C7H11NO2/c1-6(2)7(3-4-9)8-5-10/h7,9H,1,3-4H2,2H3. The fraction of sp³-hybridized carbons (Fsp3) is 0.571. The molecule has 0 saturated heterocycles. The number of nitrogens with zero attached hydrogens (tertiary/aromatic N) is 1. The lowest BCUT2D eigenvalue weighted by molar-refractivity contribution is 0.281. The number of rotatable bonds is 4. The second-order valence-corrected chi connectivity index (χ2v) is 2.09. The number of aliphatic imine (C=N–C) groups is 1. The highest BCUT2D eigenvalue weighted by Crippen LogP contribution is 2.05. The Kier molecular flexibility index (Phi) is 4.46. The zero-order valence-corrected chi connectivity index (χ0v) is 6.00. The molecule has 0 radical (unpaired) electrons. The summed E-state index contributed by atoms with van der Waals surface area (Å²) in [5, 5.41) is 8.48. The lowest BCUT2D eigenvalue weighted by atomic mass is 10.1. The monoisotopic (exact) mass is 141 g/mol. The summed E-state index contributed by atoms with van der Waals surface area (Å²) in [6.07, 6.45) is 1.89. The van der Waals surface area contributed by atoms with Gasteiger partial charge < -0.3 is 5.11 Å². The molecule has 1 N–H and O–H groups in total. The molecule has 1 unspecified atom stereocenters. The van der Waals surface area contributed by atoms with Crippen LogP contribution in [0.1, 0.15) is 13.3 Å². The van der Waals surface area contributed by atoms with Crippen LogP contribution in [-0.2, 0) is 4.79 Å². The summed E-state index contributed by atoms with van der Waals surface area (Å²) in [5.74, 6) is 0. The van der Waals surface area contributed by atoms with Crippen LogP contribution >= 0.6 is 0 Å². The SMILES string of the molecule is C=C(C)C(CCO)N=C=O. The molecule has 0 rings (SSSR count). The summed E-state index contributed by atoms with van der Waals surface area (Å²) in [6.45, 7) is 5.39. The van der Waals surface area contributed by atoms with Crippen LogP contribution in [0.25, 0.3) is 0 Å². The maximum Gasteiger partial charge on any atom is 0.235 e. The normalized spacial score (nSPS) is 11.8. The summed E-state index contributed by atoms with van der Waals surface area (Å²) in [6, 6.07) is -0.262. The smallest absolute Gasteiger partial charge is 0.235 e. The van der Waals surface area contributed by atoms with Crippen molar-refractivity contribution in [2.24, 2.45) is 4.99 Å².